The maximum absolute atomic E-state index is 4.42. The van der Waals surface area contributed by atoms with E-state index in [4.69, 9.17) is 0 Å². The third-order valence-corrected chi connectivity index (χ3v) is 7.81. The molecule has 2 aliphatic rings. The average Bonchev–Trinajstić information content (AvgIpc) is 2.66. The van der Waals surface area contributed by atoms with Crippen molar-refractivity contribution in [1.82, 2.24) is 4.90 Å². The molecular weight excluding hydrogens is 354 g/mol. The molecule has 0 radical (unpaired) electrons. The molecule has 2 saturated carbocycles. The maximum atomic E-state index is 4.42. The summed E-state index contributed by atoms with van der Waals surface area (Å²) < 4.78 is 0. The van der Waals surface area contributed by atoms with E-state index in [2.05, 4.69) is 62.4 Å². The van der Waals surface area contributed by atoms with Crippen LogP contribution in [0.4, 0.5) is 0 Å². The lowest BCUT2D eigenvalue weighted by Crippen LogP contribution is -2.55. The summed E-state index contributed by atoms with van der Waals surface area (Å²) in [6, 6.07) is 4.37. The van der Waals surface area contributed by atoms with Gasteiger partial charge in [-0.25, -0.2) is 9.98 Å². The van der Waals surface area contributed by atoms with E-state index in [1.807, 2.05) is 6.92 Å². The zero-order valence-electron chi connectivity index (χ0n) is 20.5. The lowest BCUT2D eigenvalue weighted by Gasteiger charge is -2.52. The summed E-state index contributed by atoms with van der Waals surface area (Å²) in [5.74, 6) is 4.99. The van der Waals surface area contributed by atoms with E-state index in [9.17, 15) is 0 Å². The van der Waals surface area contributed by atoms with Crippen molar-refractivity contribution in [2.24, 2.45) is 45.5 Å². The minimum atomic E-state index is 0.753. The van der Waals surface area contributed by atoms with Crippen molar-refractivity contribution in [1.29, 1.82) is 0 Å². The fraction of sp³-hybridized carbons (Fsp3) is 0.962. The summed E-state index contributed by atoms with van der Waals surface area (Å²) in [4.78, 5) is 11.6. The van der Waals surface area contributed by atoms with Crippen molar-refractivity contribution < 1.29 is 0 Å². The van der Waals surface area contributed by atoms with Crippen molar-refractivity contribution in [3.63, 3.8) is 0 Å². The van der Waals surface area contributed by atoms with Crippen molar-refractivity contribution in [2.75, 3.05) is 19.6 Å². The van der Waals surface area contributed by atoms with E-state index in [0.29, 0.717) is 0 Å². The highest BCUT2D eigenvalue weighted by atomic mass is 15.2. The predicted molar refractivity (Wildman–Crippen MR) is 127 cm³/mol. The van der Waals surface area contributed by atoms with Gasteiger partial charge in [0.05, 0.1) is 12.6 Å². The molecule has 0 aliphatic heterocycles. The van der Waals surface area contributed by atoms with Crippen LogP contribution in [0.3, 0.4) is 0 Å². The zero-order valence-corrected chi connectivity index (χ0v) is 20.5. The van der Waals surface area contributed by atoms with E-state index in [-0.39, 0.29) is 0 Å². The first-order valence-electron chi connectivity index (χ1n) is 12.7. The molecule has 2 aliphatic carbocycles. The molecule has 0 aromatic carbocycles. The highest BCUT2D eigenvalue weighted by Gasteiger charge is 2.41. The first-order chi connectivity index (χ1) is 13.8. The largest absolute Gasteiger partial charge is 0.297 e. The van der Waals surface area contributed by atoms with Gasteiger partial charge in [-0.2, -0.15) is 0 Å². The third-order valence-electron chi connectivity index (χ3n) is 7.81. The third kappa shape index (κ3) is 7.21. The van der Waals surface area contributed by atoms with Gasteiger partial charge in [0.15, 0.2) is 0 Å². The monoisotopic (exact) mass is 403 g/mol. The summed E-state index contributed by atoms with van der Waals surface area (Å²) >= 11 is 0. The summed E-state index contributed by atoms with van der Waals surface area (Å²) in [5, 5.41) is 0. The first-order valence-corrected chi connectivity index (χ1v) is 12.7. The Hall–Kier alpha value is -0.660. The van der Waals surface area contributed by atoms with Crippen LogP contribution in [0.1, 0.15) is 93.4 Å². The second-order valence-corrected chi connectivity index (χ2v) is 10.8. The fourth-order valence-corrected chi connectivity index (χ4v) is 6.15. The quantitative estimate of drug-likeness (QED) is 0.307. The van der Waals surface area contributed by atoms with Crippen LogP contribution in [0.25, 0.3) is 0 Å². The maximum Gasteiger partial charge on any atom is 0.0892 e. The van der Waals surface area contributed by atoms with Gasteiger partial charge in [-0.1, -0.05) is 54.4 Å². The molecule has 0 aromatic heterocycles. The van der Waals surface area contributed by atoms with E-state index < -0.39 is 0 Å². The van der Waals surface area contributed by atoms with E-state index in [1.54, 1.807) is 0 Å². The highest BCUT2D eigenvalue weighted by molar-refractivity contribution is 5.40. The van der Waals surface area contributed by atoms with Crippen molar-refractivity contribution in [3.05, 3.63) is 0 Å². The average molecular weight is 404 g/mol. The molecule has 168 valence electrons. The molecule has 0 bridgehead atoms. The minimum absolute atomic E-state index is 0.753. The van der Waals surface area contributed by atoms with Crippen LogP contribution in [-0.2, 0) is 0 Å². The topological polar surface area (TPSA) is 28.0 Å². The van der Waals surface area contributed by atoms with Crippen LogP contribution in [0.15, 0.2) is 9.98 Å². The summed E-state index contributed by atoms with van der Waals surface area (Å²) in [6.07, 6.45) is 9.57. The Morgan fingerprint density at radius 3 is 1.79 bits per heavy atom. The zero-order chi connectivity index (χ0) is 21.4. The number of hydrogen-bond acceptors (Lipinski definition) is 3. The van der Waals surface area contributed by atoms with Gasteiger partial charge in [0.1, 0.15) is 0 Å². The van der Waals surface area contributed by atoms with Crippen molar-refractivity contribution in [3.8, 4) is 0 Å². The van der Waals surface area contributed by atoms with Gasteiger partial charge in [0, 0.05) is 25.2 Å². The smallest absolute Gasteiger partial charge is 0.0892 e. The number of rotatable bonds is 9. The van der Waals surface area contributed by atoms with Gasteiger partial charge >= 0.3 is 0 Å². The summed E-state index contributed by atoms with van der Waals surface area (Å²) in [5.41, 5.74) is 0. The number of hydrogen-bond donors (Lipinski definition) is 0. The minimum Gasteiger partial charge on any atom is -0.297 e. The Morgan fingerprint density at radius 1 is 0.828 bits per heavy atom. The number of aliphatic imine (C=N–C) groups is 2. The SMILES string of the molecule is CCN=C=NCCCN(C1CC(C)CCC1C(C)C)C1CC(C)CCC1C(C)C. The van der Waals surface area contributed by atoms with Gasteiger partial charge in [-0.05, 0) is 74.5 Å². The molecule has 0 spiro atoms. The Labute approximate surface area is 181 Å². The molecule has 0 saturated heterocycles. The van der Waals surface area contributed by atoms with Gasteiger partial charge in [-0.3, -0.25) is 4.90 Å². The normalized spacial score (nSPS) is 33.2. The molecule has 2 fully saturated rings. The van der Waals surface area contributed by atoms with Gasteiger partial charge in [-0.15, -0.1) is 0 Å². The van der Waals surface area contributed by atoms with Crippen LogP contribution < -0.4 is 0 Å². The Kier molecular flexibility index (Phi) is 10.4. The lowest BCUT2D eigenvalue weighted by molar-refractivity contribution is -0.0228. The first kappa shape index (κ1) is 24.6. The van der Waals surface area contributed by atoms with Gasteiger partial charge < -0.3 is 0 Å². The molecule has 0 heterocycles. The summed E-state index contributed by atoms with van der Waals surface area (Å²) in [7, 11) is 0. The molecule has 0 N–H and O–H groups in total. The lowest BCUT2D eigenvalue weighted by atomic mass is 9.69. The van der Waals surface area contributed by atoms with Crippen LogP contribution in [0, 0.1) is 35.5 Å². The van der Waals surface area contributed by atoms with Crippen LogP contribution in [0.5, 0.6) is 0 Å². The molecule has 0 aromatic rings. The van der Waals surface area contributed by atoms with Crippen molar-refractivity contribution >= 4 is 6.01 Å². The van der Waals surface area contributed by atoms with E-state index in [0.717, 1.165) is 67.1 Å². The molecule has 6 unspecified atom stereocenters. The molecule has 2 rings (SSSR count). The molecular formula is C26H49N3. The Morgan fingerprint density at radius 2 is 1.34 bits per heavy atom. The van der Waals surface area contributed by atoms with Gasteiger partial charge in [0.25, 0.3) is 0 Å². The summed E-state index contributed by atoms with van der Waals surface area (Å²) in [6.45, 7) is 19.7. The standard InChI is InChI=1S/C26H49N3/c1-8-27-18-28-14-9-15-29(25-16-21(6)10-12-23(25)19(2)3)26-17-22(7)11-13-24(26)20(4)5/h19-26H,8-17H2,1-7H3. The molecule has 3 heteroatoms. The van der Waals surface area contributed by atoms with Gasteiger partial charge in [0.2, 0.25) is 0 Å². The molecule has 6 atom stereocenters. The highest BCUT2D eigenvalue weighted by Crippen LogP contribution is 2.42. The second kappa shape index (κ2) is 12.3. The number of nitrogens with zero attached hydrogens (tertiary/aromatic N) is 3. The molecule has 3 nitrogen and oxygen atoms in total. The van der Waals surface area contributed by atoms with Crippen LogP contribution in [-0.4, -0.2) is 42.6 Å². The Balaban J connectivity index is 2.24. The van der Waals surface area contributed by atoms with Crippen LogP contribution >= 0.6 is 0 Å². The van der Waals surface area contributed by atoms with Crippen molar-refractivity contribution in [2.45, 2.75) is 105 Å². The van der Waals surface area contributed by atoms with Crippen LogP contribution in [0.2, 0.25) is 0 Å². The fourth-order valence-electron chi connectivity index (χ4n) is 6.15. The van der Waals surface area contributed by atoms with E-state index in [1.165, 1.54) is 45.1 Å². The van der Waals surface area contributed by atoms with E-state index >= 15 is 0 Å². The molecule has 0 amide bonds. The molecule has 29 heavy (non-hydrogen) atoms. The Bertz CT molecular complexity index is 488. The predicted octanol–water partition coefficient (Wildman–Crippen LogP) is 6.79. The second-order valence-electron chi connectivity index (χ2n) is 10.8.